The number of carbonyl (C=O) groups excluding carboxylic acids is 2. The largest absolute Gasteiger partial charge is 0.492 e. The first-order chi connectivity index (χ1) is 14.0. The van der Waals surface area contributed by atoms with E-state index in [-0.39, 0.29) is 24.2 Å². The van der Waals surface area contributed by atoms with Gasteiger partial charge in [0.15, 0.2) is 0 Å². The molecule has 1 unspecified atom stereocenters. The van der Waals surface area contributed by atoms with E-state index in [1.165, 1.54) is 0 Å². The number of carbonyl (C=O) groups is 2. The topological polar surface area (TPSA) is 103 Å². The van der Waals surface area contributed by atoms with Crippen molar-refractivity contribution in [2.75, 3.05) is 23.8 Å². The third-order valence-corrected chi connectivity index (χ3v) is 4.16. The Kier molecular flexibility index (Phi) is 10.7. The van der Waals surface area contributed by atoms with Gasteiger partial charge < -0.3 is 25.8 Å². The van der Waals surface area contributed by atoms with Gasteiger partial charge in [0, 0.05) is 17.7 Å². The lowest BCUT2D eigenvalue weighted by Crippen LogP contribution is -2.35. The quantitative estimate of drug-likeness (QED) is 0.518. The van der Waals surface area contributed by atoms with Crippen LogP contribution in [0, 0.1) is 0 Å². The molecule has 0 heterocycles. The number of amides is 2. The third-order valence-electron chi connectivity index (χ3n) is 4.16. The average molecular weight is 436 g/mol. The smallest absolute Gasteiger partial charge is 0.255 e. The van der Waals surface area contributed by atoms with Crippen LogP contribution in [0.5, 0.6) is 11.5 Å². The Morgan fingerprint density at radius 2 is 1.47 bits per heavy atom. The number of hydrogen-bond acceptors (Lipinski definition) is 5. The van der Waals surface area contributed by atoms with Gasteiger partial charge in [-0.15, -0.1) is 12.4 Å². The van der Waals surface area contributed by atoms with Gasteiger partial charge in [-0.3, -0.25) is 9.59 Å². The van der Waals surface area contributed by atoms with Gasteiger partial charge in [-0.05, 0) is 32.4 Å². The molecule has 0 radical (unpaired) electrons. The molecule has 0 aliphatic rings. The van der Waals surface area contributed by atoms with Crippen molar-refractivity contribution in [2.24, 2.45) is 5.73 Å². The first kappa shape index (κ1) is 25.3. The van der Waals surface area contributed by atoms with Crippen molar-refractivity contribution in [1.82, 2.24) is 0 Å². The number of benzene rings is 2. The van der Waals surface area contributed by atoms with Crippen molar-refractivity contribution >= 4 is 35.6 Å². The van der Waals surface area contributed by atoms with E-state index in [0.717, 1.165) is 6.42 Å². The van der Waals surface area contributed by atoms with E-state index in [4.69, 9.17) is 15.2 Å². The maximum Gasteiger partial charge on any atom is 0.255 e. The van der Waals surface area contributed by atoms with E-state index in [1.54, 1.807) is 36.4 Å². The summed E-state index contributed by atoms with van der Waals surface area (Å²) in [6.07, 6.45) is 1.39. The molecule has 8 heteroatoms. The number of rotatable bonds is 10. The molecular formula is C22H30ClN3O4. The van der Waals surface area contributed by atoms with E-state index < -0.39 is 6.04 Å². The molecule has 0 bridgehead atoms. The molecule has 7 nitrogen and oxygen atoms in total. The molecule has 2 aromatic carbocycles. The predicted octanol–water partition coefficient (Wildman–Crippen LogP) is 4.22. The summed E-state index contributed by atoms with van der Waals surface area (Å²) < 4.78 is 11.4. The van der Waals surface area contributed by atoms with Crippen LogP contribution >= 0.6 is 12.4 Å². The van der Waals surface area contributed by atoms with Gasteiger partial charge in [0.25, 0.3) is 5.91 Å². The Labute approximate surface area is 183 Å². The Hall–Kier alpha value is -2.77. The second-order valence-corrected chi connectivity index (χ2v) is 6.42. The number of ether oxygens (including phenoxy) is 2. The number of halogens is 1. The molecule has 0 aromatic heterocycles. The summed E-state index contributed by atoms with van der Waals surface area (Å²) in [6.45, 7) is 6.44. The molecule has 2 aromatic rings. The van der Waals surface area contributed by atoms with Crippen LogP contribution in [0.4, 0.5) is 11.4 Å². The predicted molar refractivity (Wildman–Crippen MR) is 122 cm³/mol. The Balaban J connectivity index is 0.00000450. The molecule has 0 saturated heterocycles. The molecule has 0 aliphatic carbocycles. The molecule has 0 spiro atoms. The van der Waals surface area contributed by atoms with Crippen LogP contribution in [0.15, 0.2) is 42.5 Å². The standard InChI is InChI=1S/C22H29N3O4.ClH/c1-4-10-16(23)22(27)25-18-14-19(28-5-2)17(13-20(18)29-6-3)24-21(26)15-11-8-7-9-12-15;/h7-9,11-14,16H,4-6,10,23H2,1-3H3,(H,24,26)(H,25,27);1H. The highest BCUT2D eigenvalue weighted by molar-refractivity contribution is 6.05. The molecular weight excluding hydrogens is 406 g/mol. The van der Waals surface area contributed by atoms with Gasteiger partial charge >= 0.3 is 0 Å². The Morgan fingerprint density at radius 3 is 1.97 bits per heavy atom. The van der Waals surface area contributed by atoms with Crippen molar-refractivity contribution < 1.29 is 19.1 Å². The van der Waals surface area contributed by atoms with Crippen LogP contribution in [-0.2, 0) is 4.79 Å². The summed E-state index contributed by atoms with van der Waals surface area (Å²) in [6, 6.07) is 11.6. The van der Waals surface area contributed by atoms with Crippen molar-refractivity contribution in [3.8, 4) is 11.5 Å². The molecule has 4 N–H and O–H groups in total. The van der Waals surface area contributed by atoms with E-state index in [1.807, 2.05) is 26.8 Å². The first-order valence-corrected chi connectivity index (χ1v) is 9.86. The van der Waals surface area contributed by atoms with Crippen LogP contribution in [0.2, 0.25) is 0 Å². The second-order valence-electron chi connectivity index (χ2n) is 6.42. The number of hydrogen-bond donors (Lipinski definition) is 3. The minimum atomic E-state index is -0.609. The summed E-state index contributed by atoms with van der Waals surface area (Å²) in [5, 5.41) is 5.66. The molecule has 0 fully saturated rings. The maximum absolute atomic E-state index is 12.6. The normalized spacial score (nSPS) is 11.1. The van der Waals surface area contributed by atoms with Crippen molar-refractivity contribution in [3.05, 3.63) is 48.0 Å². The van der Waals surface area contributed by atoms with Crippen molar-refractivity contribution in [2.45, 2.75) is 39.7 Å². The SMILES string of the molecule is CCCC(N)C(=O)Nc1cc(OCC)c(NC(=O)c2ccccc2)cc1OCC.Cl. The molecule has 2 rings (SSSR count). The highest BCUT2D eigenvalue weighted by Gasteiger charge is 2.19. The van der Waals surface area contributed by atoms with Gasteiger partial charge in [0.05, 0.1) is 30.6 Å². The van der Waals surface area contributed by atoms with Gasteiger partial charge in [-0.25, -0.2) is 0 Å². The van der Waals surface area contributed by atoms with Crippen molar-refractivity contribution in [1.29, 1.82) is 0 Å². The molecule has 1 atom stereocenters. The van der Waals surface area contributed by atoms with Gasteiger partial charge in [-0.1, -0.05) is 31.5 Å². The fraction of sp³-hybridized carbons (Fsp3) is 0.364. The van der Waals surface area contributed by atoms with Crippen LogP contribution < -0.4 is 25.8 Å². The number of anilines is 2. The summed E-state index contributed by atoms with van der Waals surface area (Å²) in [5.41, 5.74) is 7.35. The summed E-state index contributed by atoms with van der Waals surface area (Å²) in [4.78, 5) is 24.9. The lowest BCUT2D eigenvalue weighted by molar-refractivity contribution is -0.117. The maximum atomic E-state index is 12.6. The fourth-order valence-electron chi connectivity index (χ4n) is 2.76. The molecule has 0 saturated carbocycles. The highest BCUT2D eigenvalue weighted by atomic mass is 35.5. The van der Waals surface area contributed by atoms with E-state index >= 15 is 0 Å². The molecule has 0 aliphatic heterocycles. The first-order valence-electron chi connectivity index (χ1n) is 9.86. The van der Waals surface area contributed by atoms with Gasteiger partial charge in [0.2, 0.25) is 5.91 Å². The zero-order valence-electron chi connectivity index (χ0n) is 17.6. The summed E-state index contributed by atoms with van der Waals surface area (Å²) in [7, 11) is 0. The van der Waals surface area contributed by atoms with Crippen LogP contribution in [0.25, 0.3) is 0 Å². The van der Waals surface area contributed by atoms with Crippen LogP contribution in [-0.4, -0.2) is 31.1 Å². The van der Waals surface area contributed by atoms with Gasteiger partial charge in [-0.2, -0.15) is 0 Å². The van der Waals surface area contributed by atoms with Gasteiger partial charge in [0.1, 0.15) is 11.5 Å². The molecule has 2 amide bonds. The number of nitrogens with two attached hydrogens (primary N) is 1. The monoisotopic (exact) mass is 435 g/mol. The Morgan fingerprint density at radius 1 is 0.933 bits per heavy atom. The average Bonchev–Trinajstić information content (AvgIpc) is 2.72. The van der Waals surface area contributed by atoms with E-state index in [0.29, 0.717) is 48.1 Å². The minimum absolute atomic E-state index is 0. The third kappa shape index (κ3) is 6.93. The zero-order chi connectivity index (χ0) is 21.2. The minimum Gasteiger partial charge on any atom is -0.492 e. The second kappa shape index (κ2) is 12.7. The Bertz CT molecular complexity index is 831. The van der Waals surface area contributed by atoms with Crippen LogP contribution in [0.3, 0.4) is 0 Å². The molecule has 164 valence electrons. The lowest BCUT2D eigenvalue weighted by atomic mass is 10.1. The fourth-order valence-corrected chi connectivity index (χ4v) is 2.76. The summed E-state index contributed by atoms with van der Waals surface area (Å²) >= 11 is 0. The van der Waals surface area contributed by atoms with Crippen LogP contribution in [0.1, 0.15) is 44.0 Å². The molecule has 30 heavy (non-hydrogen) atoms. The number of nitrogens with one attached hydrogen (secondary N) is 2. The van der Waals surface area contributed by atoms with E-state index in [2.05, 4.69) is 10.6 Å². The highest BCUT2D eigenvalue weighted by Crippen LogP contribution is 2.37. The van der Waals surface area contributed by atoms with Crippen molar-refractivity contribution in [3.63, 3.8) is 0 Å². The van der Waals surface area contributed by atoms with E-state index in [9.17, 15) is 9.59 Å². The summed E-state index contributed by atoms with van der Waals surface area (Å²) in [5.74, 6) is 0.294. The lowest BCUT2D eigenvalue weighted by Gasteiger charge is -2.19. The zero-order valence-corrected chi connectivity index (χ0v) is 18.4.